The maximum atomic E-state index is 12.2. The molecule has 7 nitrogen and oxygen atoms in total. The first-order chi connectivity index (χ1) is 9.45. The number of hydrogen-bond donors (Lipinski definition) is 3. The number of pyridine rings is 1. The van der Waals surface area contributed by atoms with Crippen molar-refractivity contribution in [3.8, 4) is 0 Å². The summed E-state index contributed by atoms with van der Waals surface area (Å²) < 4.78 is 26.9. The van der Waals surface area contributed by atoms with Crippen LogP contribution < -0.4 is 4.72 Å². The lowest BCUT2D eigenvalue weighted by Gasteiger charge is -2.07. The lowest BCUT2D eigenvalue weighted by Crippen LogP contribution is -2.25. The van der Waals surface area contributed by atoms with Crippen LogP contribution in [-0.4, -0.2) is 28.7 Å². The number of rotatable bonds is 5. The van der Waals surface area contributed by atoms with E-state index in [0.29, 0.717) is 5.69 Å². The van der Waals surface area contributed by atoms with Gasteiger partial charge < -0.3 is 5.11 Å². The van der Waals surface area contributed by atoms with E-state index < -0.39 is 10.0 Å². The molecule has 2 aromatic rings. The normalized spacial score (nSPS) is 11.8. The molecule has 2 rings (SSSR count). The first kappa shape index (κ1) is 14.6. The fourth-order valence-corrected chi connectivity index (χ4v) is 2.97. The highest BCUT2D eigenvalue weighted by Gasteiger charge is 2.23. The Morgan fingerprint density at radius 1 is 1.40 bits per heavy atom. The van der Waals surface area contributed by atoms with Gasteiger partial charge in [-0.05, 0) is 31.0 Å². The molecule has 0 spiro atoms. The van der Waals surface area contributed by atoms with E-state index in [1.165, 1.54) is 0 Å². The van der Waals surface area contributed by atoms with Gasteiger partial charge in [0.1, 0.15) is 0 Å². The van der Waals surface area contributed by atoms with E-state index in [1.807, 2.05) is 6.92 Å². The van der Waals surface area contributed by atoms with Gasteiger partial charge >= 0.3 is 0 Å². The Morgan fingerprint density at radius 3 is 2.80 bits per heavy atom. The number of nitrogens with zero attached hydrogens (tertiary/aromatic N) is 2. The van der Waals surface area contributed by atoms with E-state index in [1.54, 1.807) is 25.4 Å². The molecule has 0 saturated heterocycles. The summed E-state index contributed by atoms with van der Waals surface area (Å²) in [5.41, 5.74) is 2.55. The second-order valence-corrected chi connectivity index (χ2v) is 6.10. The Hall–Kier alpha value is -1.77. The van der Waals surface area contributed by atoms with Crippen molar-refractivity contribution in [2.45, 2.75) is 32.0 Å². The lowest BCUT2D eigenvalue weighted by atomic mass is 10.2. The standard InChI is InChI=1S/C12H16N4O3S/c1-8-5-13-4-3-10(8)6-14-20(18,19)12-11(7-17)9(2)15-16-12/h3-5,14,17H,6-7H2,1-2H3,(H,15,16). The third-order valence-electron chi connectivity index (χ3n) is 3.04. The predicted molar refractivity (Wildman–Crippen MR) is 72.2 cm³/mol. The summed E-state index contributed by atoms with van der Waals surface area (Å²) in [5, 5.41) is 15.4. The molecule has 2 aromatic heterocycles. The Kier molecular flexibility index (Phi) is 4.17. The van der Waals surface area contributed by atoms with Crippen LogP contribution in [0.2, 0.25) is 0 Å². The molecule has 0 saturated carbocycles. The number of aromatic amines is 1. The smallest absolute Gasteiger partial charge is 0.260 e. The molecule has 2 heterocycles. The van der Waals surface area contributed by atoms with E-state index >= 15 is 0 Å². The quantitative estimate of drug-likeness (QED) is 0.740. The van der Waals surface area contributed by atoms with Crippen molar-refractivity contribution in [3.05, 3.63) is 40.8 Å². The molecule has 3 N–H and O–H groups in total. The molecule has 0 fully saturated rings. The highest BCUT2D eigenvalue weighted by molar-refractivity contribution is 7.89. The predicted octanol–water partition coefficient (Wildman–Crippen LogP) is 0.392. The third-order valence-corrected chi connectivity index (χ3v) is 4.41. The fraction of sp³-hybridized carbons (Fsp3) is 0.333. The van der Waals surface area contributed by atoms with Crippen LogP contribution in [0.4, 0.5) is 0 Å². The molecule has 0 aromatic carbocycles. The maximum Gasteiger partial charge on any atom is 0.260 e. The molecule has 108 valence electrons. The molecule has 0 amide bonds. The number of aryl methyl sites for hydroxylation is 2. The van der Waals surface area contributed by atoms with Crippen molar-refractivity contribution < 1.29 is 13.5 Å². The Bertz CT molecular complexity index is 709. The summed E-state index contributed by atoms with van der Waals surface area (Å²) in [5.74, 6) is 0. The van der Waals surface area contributed by atoms with Crippen LogP contribution >= 0.6 is 0 Å². The fourth-order valence-electron chi connectivity index (χ4n) is 1.78. The first-order valence-electron chi connectivity index (χ1n) is 5.99. The van der Waals surface area contributed by atoms with Gasteiger partial charge in [-0.15, -0.1) is 0 Å². The van der Waals surface area contributed by atoms with Gasteiger partial charge in [0.2, 0.25) is 0 Å². The molecular formula is C12H16N4O3S. The zero-order chi connectivity index (χ0) is 14.8. The monoisotopic (exact) mass is 296 g/mol. The van der Waals surface area contributed by atoms with Gasteiger partial charge in [-0.3, -0.25) is 10.1 Å². The van der Waals surface area contributed by atoms with Crippen molar-refractivity contribution >= 4 is 10.0 Å². The van der Waals surface area contributed by atoms with Crippen LogP contribution in [0.3, 0.4) is 0 Å². The summed E-state index contributed by atoms with van der Waals surface area (Å²) in [6.07, 6.45) is 3.27. The van der Waals surface area contributed by atoms with Gasteiger partial charge in [0.15, 0.2) is 5.03 Å². The molecule has 0 unspecified atom stereocenters. The van der Waals surface area contributed by atoms with E-state index in [0.717, 1.165) is 11.1 Å². The van der Waals surface area contributed by atoms with Crippen molar-refractivity contribution in [1.29, 1.82) is 0 Å². The number of hydrogen-bond acceptors (Lipinski definition) is 5. The highest BCUT2D eigenvalue weighted by Crippen LogP contribution is 2.16. The zero-order valence-corrected chi connectivity index (χ0v) is 12.0. The highest BCUT2D eigenvalue weighted by atomic mass is 32.2. The van der Waals surface area contributed by atoms with Gasteiger partial charge in [-0.2, -0.15) is 5.10 Å². The Labute approximate surface area is 117 Å². The van der Waals surface area contributed by atoms with Gasteiger partial charge in [-0.1, -0.05) is 0 Å². The topological polar surface area (TPSA) is 108 Å². The summed E-state index contributed by atoms with van der Waals surface area (Å²) >= 11 is 0. The van der Waals surface area contributed by atoms with Crippen molar-refractivity contribution in [3.63, 3.8) is 0 Å². The van der Waals surface area contributed by atoms with E-state index in [9.17, 15) is 13.5 Å². The third kappa shape index (κ3) is 2.87. The molecule has 0 bridgehead atoms. The number of aromatic nitrogens is 3. The number of aliphatic hydroxyl groups is 1. The maximum absolute atomic E-state index is 12.2. The first-order valence-corrected chi connectivity index (χ1v) is 7.48. The summed E-state index contributed by atoms with van der Waals surface area (Å²) in [4.78, 5) is 3.95. The zero-order valence-electron chi connectivity index (χ0n) is 11.2. The minimum absolute atomic E-state index is 0.146. The van der Waals surface area contributed by atoms with Crippen LogP contribution in [-0.2, 0) is 23.2 Å². The minimum Gasteiger partial charge on any atom is -0.392 e. The molecular weight excluding hydrogens is 280 g/mol. The summed E-state index contributed by atoms with van der Waals surface area (Å²) in [6, 6.07) is 1.75. The van der Waals surface area contributed by atoms with Gasteiger partial charge in [-0.25, -0.2) is 13.1 Å². The van der Waals surface area contributed by atoms with Gasteiger partial charge in [0.25, 0.3) is 10.0 Å². The van der Waals surface area contributed by atoms with E-state index in [-0.39, 0.29) is 23.7 Å². The summed E-state index contributed by atoms with van der Waals surface area (Å²) in [7, 11) is -3.77. The van der Waals surface area contributed by atoms with Crippen LogP contribution in [0.1, 0.15) is 22.4 Å². The average molecular weight is 296 g/mol. The van der Waals surface area contributed by atoms with E-state index in [4.69, 9.17) is 0 Å². The number of nitrogens with one attached hydrogen (secondary N) is 2. The molecule has 20 heavy (non-hydrogen) atoms. The summed E-state index contributed by atoms with van der Waals surface area (Å²) in [6.45, 7) is 3.28. The van der Waals surface area contributed by atoms with E-state index in [2.05, 4.69) is 19.9 Å². The van der Waals surface area contributed by atoms with Crippen molar-refractivity contribution in [1.82, 2.24) is 19.9 Å². The second kappa shape index (κ2) is 5.70. The van der Waals surface area contributed by atoms with Gasteiger partial charge in [0.05, 0.1) is 6.61 Å². The second-order valence-electron chi connectivity index (χ2n) is 4.42. The number of sulfonamides is 1. The van der Waals surface area contributed by atoms with Crippen molar-refractivity contribution in [2.75, 3.05) is 0 Å². The number of aliphatic hydroxyl groups excluding tert-OH is 1. The molecule has 0 aliphatic rings. The number of H-pyrrole nitrogens is 1. The molecule has 0 aliphatic heterocycles. The van der Waals surface area contributed by atoms with Crippen LogP contribution in [0.25, 0.3) is 0 Å². The minimum atomic E-state index is -3.77. The molecule has 8 heteroatoms. The van der Waals surface area contributed by atoms with Crippen LogP contribution in [0.5, 0.6) is 0 Å². The van der Waals surface area contributed by atoms with Gasteiger partial charge in [0, 0.05) is 30.2 Å². The average Bonchev–Trinajstić information content (AvgIpc) is 2.79. The molecule has 0 atom stereocenters. The Morgan fingerprint density at radius 2 is 2.15 bits per heavy atom. The van der Waals surface area contributed by atoms with Crippen LogP contribution in [0.15, 0.2) is 23.5 Å². The van der Waals surface area contributed by atoms with Crippen LogP contribution in [0, 0.1) is 13.8 Å². The molecule has 0 radical (unpaired) electrons. The van der Waals surface area contributed by atoms with Crippen molar-refractivity contribution in [2.24, 2.45) is 0 Å². The largest absolute Gasteiger partial charge is 0.392 e. The molecule has 0 aliphatic carbocycles. The Balaban J connectivity index is 2.22. The SMILES string of the molecule is Cc1cnccc1CNS(=O)(=O)c1n[nH]c(C)c1CO. The lowest BCUT2D eigenvalue weighted by molar-refractivity contribution is 0.277.